The van der Waals surface area contributed by atoms with E-state index >= 15 is 0 Å². The average molecular weight is 462 g/mol. The number of carboxylic acids is 1. The van der Waals surface area contributed by atoms with Crippen molar-refractivity contribution in [3.8, 4) is 0 Å². The highest BCUT2D eigenvalue weighted by molar-refractivity contribution is 14.1. The summed E-state index contributed by atoms with van der Waals surface area (Å²) in [4.78, 5) is 48.3. The monoisotopic (exact) mass is 462 g/mol. The summed E-state index contributed by atoms with van der Waals surface area (Å²) < 4.78 is 0.755. The van der Waals surface area contributed by atoms with Gasteiger partial charge >= 0.3 is 5.97 Å². The third-order valence-electron chi connectivity index (χ3n) is 3.84. The molecule has 0 radical (unpaired) electrons. The Morgan fingerprint density at radius 2 is 2.08 bits per heavy atom. The van der Waals surface area contributed by atoms with E-state index in [1.54, 1.807) is 18.2 Å². The molecule has 1 saturated heterocycles. The molecule has 2 aliphatic heterocycles. The SMILES string of the molecule is O=C(O)CCN1C(=O)SC(C2(O)C(=O)Nc3ccc(I)cc32)C1=O. The predicted octanol–water partition coefficient (Wildman–Crippen LogP) is 0.970. The summed E-state index contributed by atoms with van der Waals surface area (Å²) in [6.07, 6.45) is -0.399. The van der Waals surface area contributed by atoms with Crippen molar-refractivity contribution < 1.29 is 29.4 Å². The minimum Gasteiger partial charge on any atom is -0.481 e. The van der Waals surface area contributed by atoms with Crippen LogP contribution in [0.2, 0.25) is 0 Å². The summed E-state index contributed by atoms with van der Waals surface area (Å²) >= 11 is 2.54. The molecule has 2 unspecified atom stereocenters. The molecule has 0 spiro atoms. The van der Waals surface area contributed by atoms with Gasteiger partial charge in [0.2, 0.25) is 5.91 Å². The molecule has 3 amide bonds. The van der Waals surface area contributed by atoms with Crippen LogP contribution in [0.25, 0.3) is 0 Å². The van der Waals surface area contributed by atoms with Gasteiger partial charge in [-0.05, 0) is 52.6 Å². The quantitative estimate of drug-likeness (QED) is 0.570. The summed E-state index contributed by atoms with van der Waals surface area (Å²) in [5.74, 6) is -2.70. The second kappa shape index (κ2) is 6.01. The van der Waals surface area contributed by atoms with Crippen LogP contribution in [0.15, 0.2) is 18.2 Å². The number of benzene rings is 1. The van der Waals surface area contributed by atoms with Gasteiger partial charge in [-0.3, -0.25) is 24.1 Å². The first kappa shape index (κ1) is 17.2. The Hall–Kier alpha value is -1.66. The lowest BCUT2D eigenvalue weighted by Crippen LogP contribution is -2.48. The second-order valence-corrected chi connectivity index (χ2v) is 7.61. The highest BCUT2D eigenvalue weighted by Crippen LogP contribution is 2.46. The fourth-order valence-electron chi connectivity index (χ4n) is 2.66. The number of thioether (sulfide) groups is 1. The number of rotatable bonds is 4. The molecule has 8 nitrogen and oxygen atoms in total. The first-order chi connectivity index (χ1) is 11.2. The number of halogens is 1. The van der Waals surface area contributed by atoms with Gasteiger partial charge in [-0.25, -0.2) is 0 Å². The van der Waals surface area contributed by atoms with Gasteiger partial charge in [-0.1, -0.05) is 0 Å². The zero-order valence-electron chi connectivity index (χ0n) is 12.0. The number of amides is 3. The topological polar surface area (TPSA) is 124 Å². The number of carbonyl (C=O) groups excluding carboxylic acids is 3. The van der Waals surface area contributed by atoms with Gasteiger partial charge in [0.1, 0.15) is 5.25 Å². The summed E-state index contributed by atoms with van der Waals surface area (Å²) in [5.41, 5.74) is -1.56. The fraction of sp³-hybridized carbons (Fsp3) is 0.286. The first-order valence-electron chi connectivity index (χ1n) is 6.82. The van der Waals surface area contributed by atoms with E-state index in [0.29, 0.717) is 17.4 Å². The number of nitrogens with one attached hydrogen (secondary N) is 1. The molecule has 3 rings (SSSR count). The molecule has 0 bridgehead atoms. The van der Waals surface area contributed by atoms with Gasteiger partial charge in [0.25, 0.3) is 11.1 Å². The standard InChI is InChI=1S/C14H11IN2O6S/c15-6-1-2-8-7(5-6)14(23,12(21)16-8)10-11(20)17(13(22)24-10)4-3-9(18)19/h1-2,5,10,23H,3-4H2,(H,16,21)(H,18,19). The molecule has 2 aliphatic rings. The number of nitrogens with zero attached hydrogens (tertiary/aromatic N) is 1. The third kappa shape index (κ3) is 2.58. The normalized spacial score (nSPS) is 25.8. The summed E-state index contributed by atoms with van der Waals surface area (Å²) in [5, 5.41) is 20.2. The average Bonchev–Trinajstić information content (AvgIpc) is 2.93. The Kier molecular flexibility index (Phi) is 4.30. The predicted molar refractivity (Wildman–Crippen MR) is 92.4 cm³/mol. The first-order valence-corrected chi connectivity index (χ1v) is 8.78. The van der Waals surface area contributed by atoms with Gasteiger partial charge in [0, 0.05) is 21.4 Å². The van der Waals surface area contributed by atoms with Crippen LogP contribution >= 0.6 is 34.4 Å². The fourth-order valence-corrected chi connectivity index (χ4v) is 4.29. The molecule has 0 saturated carbocycles. The molecule has 24 heavy (non-hydrogen) atoms. The summed E-state index contributed by atoms with van der Waals surface area (Å²) in [7, 11) is 0. The van der Waals surface area contributed by atoms with Crippen LogP contribution in [-0.2, 0) is 20.0 Å². The minimum atomic E-state index is -2.17. The molecule has 3 N–H and O–H groups in total. The lowest BCUT2D eigenvalue weighted by atomic mass is 9.90. The maximum absolute atomic E-state index is 12.5. The molecule has 2 heterocycles. The molecule has 1 aromatic carbocycles. The van der Waals surface area contributed by atoms with Crippen molar-refractivity contribution in [1.82, 2.24) is 4.90 Å². The Morgan fingerprint density at radius 3 is 2.75 bits per heavy atom. The Labute approximate surface area is 153 Å². The van der Waals surface area contributed by atoms with E-state index in [2.05, 4.69) is 5.32 Å². The van der Waals surface area contributed by atoms with E-state index in [-0.39, 0.29) is 12.1 Å². The molecule has 1 fully saturated rings. The number of hydrogen-bond donors (Lipinski definition) is 3. The third-order valence-corrected chi connectivity index (χ3v) is 5.72. The Balaban J connectivity index is 1.96. The van der Waals surface area contributed by atoms with Crippen molar-refractivity contribution in [1.29, 1.82) is 0 Å². The van der Waals surface area contributed by atoms with Crippen molar-refractivity contribution in [3.63, 3.8) is 0 Å². The van der Waals surface area contributed by atoms with E-state index in [1.807, 2.05) is 22.6 Å². The van der Waals surface area contributed by atoms with Crippen LogP contribution in [0.5, 0.6) is 0 Å². The van der Waals surface area contributed by atoms with E-state index in [0.717, 1.165) is 8.47 Å². The minimum absolute atomic E-state index is 0.234. The summed E-state index contributed by atoms with van der Waals surface area (Å²) in [6.45, 7) is -0.298. The second-order valence-electron chi connectivity index (χ2n) is 5.31. The molecular weight excluding hydrogens is 451 g/mol. The number of hydrogen-bond acceptors (Lipinski definition) is 6. The number of fused-ring (bicyclic) bond motifs is 1. The smallest absolute Gasteiger partial charge is 0.305 e. The van der Waals surface area contributed by atoms with Crippen molar-refractivity contribution in [2.75, 3.05) is 11.9 Å². The molecule has 2 atom stereocenters. The van der Waals surface area contributed by atoms with Crippen LogP contribution in [-0.4, -0.2) is 49.9 Å². The van der Waals surface area contributed by atoms with Crippen molar-refractivity contribution in [3.05, 3.63) is 27.3 Å². The van der Waals surface area contributed by atoms with Crippen LogP contribution in [0.4, 0.5) is 10.5 Å². The number of carboxylic acid groups (broad SMARTS) is 1. The maximum Gasteiger partial charge on any atom is 0.305 e. The number of aliphatic hydroxyl groups is 1. The highest BCUT2D eigenvalue weighted by atomic mass is 127. The lowest BCUT2D eigenvalue weighted by molar-refractivity contribution is -0.143. The van der Waals surface area contributed by atoms with E-state index in [4.69, 9.17) is 5.11 Å². The zero-order chi connectivity index (χ0) is 17.6. The summed E-state index contributed by atoms with van der Waals surface area (Å²) in [6, 6.07) is 4.92. The number of imide groups is 1. The lowest BCUT2D eigenvalue weighted by Gasteiger charge is -2.25. The molecule has 126 valence electrons. The number of carbonyl (C=O) groups is 4. The molecule has 1 aromatic rings. The van der Waals surface area contributed by atoms with Crippen molar-refractivity contribution in [2.45, 2.75) is 17.3 Å². The maximum atomic E-state index is 12.5. The van der Waals surface area contributed by atoms with E-state index in [1.165, 1.54) is 0 Å². The molecule has 0 aromatic heterocycles. The van der Waals surface area contributed by atoms with Crippen LogP contribution in [0.1, 0.15) is 12.0 Å². The number of aliphatic carboxylic acids is 1. The molecule has 10 heteroatoms. The van der Waals surface area contributed by atoms with Gasteiger partial charge in [-0.15, -0.1) is 0 Å². The van der Waals surface area contributed by atoms with Gasteiger partial charge in [0.05, 0.1) is 6.42 Å². The van der Waals surface area contributed by atoms with Crippen LogP contribution < -0.4 is 5.32 Å². The Morgan fingerprint density at radius 1 is 1.38 bits per heavy atom. The zero-order valence-corrected chi connectivity index (χ0v) is 15.0. The van der Waals surface area contributed by atoms with Gasteiger partial charge in [-0.2, -0.15) is 0 Å². The molecule has 0 aliphatic carbocycles. The largest absolute Gasteiger partial charge is 0.481 e. The van der Waals surface area contributed by atoms with E-state index in [9.17, 15) is 24.3 Å². The van der Waals surface area contributed by atoms with Gasteiger partial charge in [0.15, 0.2) is 5.60 Å². The number of anilines is 1. The van der Waals surface area contributed by atoms with Crippen molar-refractivity contribution >= 4 is 63.1 Å². The van der Waals surface area contributed by atoms with E-state index < -0.39 is 40.3 Å². The highest BCUT2D eigenvalue weighted by Gasteiger charge is 2.59. The van der Waals surface area contributed by atoms with Gasteiger partial charge < -0.3 is 15.5 Å². The molecular formula is C14H11IN2O6S. The van der Waals surface area contributed by atoms with Crippen LogP contribution in [0.3, 0.4) is 0 Å². The van der Waals surface area contributed by atoms with Crippen molar-refractivity contribution in [2.24, 2.45) is 0 Å². The Bertz CT molecular complexity index is 785. The van der Waals surface area contributed by atoms with Crippen LogP contribution in [0, 0.1) is 3.57 Å².